The third kappa shape index (κ3) is 5.89. The SMILES string of the molecule is CO[C@H]1CN(C(=O)OC(C)(C)C)CC1NCCCSC. The number of rotatable bonds is 6. The molecule has 1 heterocycles. The van der Waals surface area contributed by atoms with Crippen molar-refractivity contribution >= 4 is 17.9 Å². The summed E-state index contributed by atoms with van der Waals surface area (Å²) in [6, 6.07) is 0.189. The number of amides is 1. The van der Waals surface area contributed by atoms with Crippen molar-refractivity contribution in [3.8, 4) is 0 Å². The molecule has 0 radical (unpaired) electrons. The Morgan fingerprint density at radius 1 is 1.40 bits per heavy atom. The maximum Gasteiger partial charge on any atom is 0.410 e. The molecule has 0 aromatic heterocycles. The van der Waals surface area contributed by atoms with Crippen LogP contribution in [0.4, 0.5) is 4.79 Å². The molecule has 2 atom stereocenters. The van der Waals surface area contributed by atoms with E-state index >= 15 is 0 Å². The number of thioether (sulfide) groups is 1. The van der Waals surface area contributed by atoms with E-state index in [2.05, 4.69) is 11.6 Å². The maximum absolute atomic E-state index is 12.1. The minimum absolute atomic E-state index is 0.0387. The normalized spacial score (nSPS) is 23.1. The zero-order valence-corrected chi connectivity index (χ0v) is 14.1. The van der Waals surface area contributed by atoms with Gasteiger partial charge in [0.1, 0.15) is 5.60 Å². The van der Waals surface area contributed by atoms with Gasteiger partial charge in [-0.1, -0.05) is 0 Å². The van der Waals surface area contributed by atoms with Crippen molar-refractivity contribution in [2.45, 2.75) is 44.9 Å². The van der Waals surface area contributed by atoms with Gasteiger partial charge in [0, 0.05) is 13.7 Å². The Morgan fingerprint density at radius 2 is 2.10 bits per heavy atom. The summed E-state index contributed by atoms with van der Waals surface area (Å²) >= 11 is 1.85. The molecule has 1 aliphatic heterocycles. The third-order valence-corrected chi connectivity index (χ3v) is 3.85. The molecule has 0 bridgehead atoms. The second-order valence-corrected chi connectivity index (χ2v) is 7.05. The van der Waals surface area contributed by atoms with Gasteiger partial charge in [-0.05, 0) is 45.7 Å². The Hall–Kier alpha value is -0.460. The maximum atomic E-state index is 12.1. The zero-order valence-electron chi connectivity index (χ0n) is 13.3. The summed E-state index contributed by atoms with van der Waals surface area (Å²) in [4.78, 5) is 13.8. The topological polar surface area (TPSA) is 50.8 Å². The van der Waals surface area contributed by atoms with E-state index in [0.717, 1.165) is 18.7 Å². The van der Waals surface area contributed by atoms with Crippen molar-refractivity contribution < 1.29 is 14.3 Å². The highest BCUT2D eigenvalue weighted by molar-refractivity contribution is 7.98. The van der Waals surface area contributed by atoms with Crippen molar-refractivity contribution in [1.82, 2.24) is 10.2 Å². The molecule has 1 fully saturated rings. The molecule has 118 valence electrons. The number of hydrogen-bond donors (Lipinski definition) is 1. The van der Waals surface area contributed by atoms with E-state index in [0.29, 0.717) is 13.1 Å². The van der Waals surface area contributed by atoms with Gasteiger partial charge in [-0.2, -0.15) is 11.8 Å². The lowest BCUT2D eigenvalue weighted by molar-refractivity contribution is 0.0252. The molecule has 0 aromatic rings. The predicted molar refractivity (Wildman–Crippen MR) is 83.4 cm³/mol. The highest BCUT2D eigenvalue weighted by Crippen LogP contribution is 2.17. The minimum Gasteiger partial charge on any atom is -0.444 e. The lowest BCUT2D eigenvalue weighted by atomic mass is 10.2. The van der Waals surface area contributed by atoms with Crippen molar-refractivity contribution in [1.29, 1.82) is 0 Å². The Balaban J connectivity index is 2.44. The van der Waals surface area contributed by atoms with Crippen LogP contribution in [-0.2, 0) is 9.47 Å². The highest BCUT2D eigenvalue weighted by atomic mass is 32.2. The minimum atomic E-state index is -0.455. The molecule has 1 rings (SSSR count). The van der Waals surface area contributed by atoms with Crippen molar-refractivity contribution in [2.24, 2.45) is 0 Å². The monoisotopic (exact) mass is 304 g/mol. The number of nitrogens with one attached hydrogen (secondary N) is 1. The number of likely N-dealkylation sites (tertiary alicyclic amines) is 1. The predicted octanol–water partition coefficient (Wildman–Crippen LogP) is 1.96. The van der Waals surface area contributed by atoms with Crippen LogP contribution in [0, 0.1) is 0 Å². The van der Waals surface area contributed by atoms with Gasteiger partial charge in [0.25, 0.3) is 0 Å². The summed E-state index contributed by atoms with van der Waals surface area (Å²) in [5.74, 6) is 1.15. The van der Waals surface area contributed by atoms with E-state index in [-0.39, 0.29) is 18.2 Å². The van der Waals surface area contributed by atoms with E-state index in [1.807, 2.05) is 32.5 Å². The van der Waals surface area contributed by atoms with Crippen molar-refractivity contribution in [3.05, 3.63) is 0 Å². The summed E-state index contributed by atoms with van der Waals surface area (Å²) in [5.41, 5.74) is -0.455. The first-order chi connectivity index (χ1) is 9.37. The lowest BCUT2D eigenvalue weighted by Crippen LogP contribution is -2.41. The average Bonchev–Trinajstić information content (AvgIpc) is 2.76. The van der Waals surface area contributed by atoms with Crippen molar-refractivity contribution in [2.75, 3.05) is 38.8 Å². The lowest BCUT2D eigenvalue weighted by Gasteiger charge is -2.24. The fourth-order valence-corrected chi connectivity index (χ4v) is 2.62. The molecule has 1 unspecified atom stereocenters. The van der Waals surface area contributed by atoms with Crippen LogP contribution < -0.4 is 5.32 Å². The van der Waals surface area contributed by atoms with Crippen LogP contribution >= 0.6 is 11.8 Å². The van der Waals surface area contributed by atoms with E-state index < -0.39 is 5.60 Å². The van der Waals surface area contributed by atoms with Crippen LogP contribution in [0.15, 0.2) is 0 Å². The molecule has 0 saturated carbocycles. The van der Waals surface area contributed by atoms with Gasteiger partial charge in [0.15, 0.2) is 0 Å². The van der Waals surface area contributed by atoms with Crippen LogP contribution in [0.3, 0.4) is 0 Å². The molecule has 5 nitrogen and oxygen atoms in total. The van der Waals surface area contributed by atoms with Crippen LogP contribution in [0.1, 0.15) is 27.2 Å². The van der Waals surface area contributed by atoms with Crippen molar-refractivity contribution in [3.63, 3.8) is 0 Å². The third-order valence-electron chi connectivity index (χ3n) is 3.15. The van der Waals surface area contributed by atoms with Gasteiger partial charge < -0.3 is 19.7 Å². The van der Waals surface area contributed by atoms with E-state index in [9.17, 15) is 4.79 Å². The number of nitrogens with zero attached hydrogens (tertiary/aromatic N) is 1. The van der Waals surface area contributed by atoms with Gasteiger partial charge in [0.2, 0.25) is 0 Å². The molecule has 1 aliphatic rings. The smallest absolute Gasteiger partial charge is 0.410 e. The number of ether oxygens (including phenoxy) is 2. The van der Waals surface area contributed by atoms with E-state index in [1.54, 1.807) is 12.0 Å². The first-order valence-corrected chi connectivity index (χ1v) is 8.50. The van der Waals surface area contributed by atoms with E-state index in [4.69, 9.17) is 9.47 Å². The molecule has 1 saturated heterocycles. The van der Waals surface area contributed by atoms with Gasteiger partial charge in [-0.3, -0.25) is 0 Å². The summed E-state index contributed by atoms with van der Waals surface area (Å²) in [5, 5.41) is 3.48. The molecule has 1 N–H and O–H groups in total. The van der Waals surface area contributed by atoms with Gasteiger partial charge >= 0.3 is 6.09 Å². The average molecular weight is 304 g/mol. The molecule has 0 aliphatic carbocycles. The van der Waals surface area contributed by atoms with Crippen LogP contribution in [0.2, 0.25) is 0 Å². The summed E-state index contributed by atoms with van der Waals surface area (Å²) in [6.07, 6.45) is 3.02. The van der Waals surface area contributed by atoms with Crippen LogP contribution in [-0.4, -0.2) is 67.5 Å². The quantitative estimate of drug-likeness (QED) is 0.760. The molecule has 0 aromatic carbocycles. The summed E-state index contributed by atoms with van der Waals surface area (Å²) in [7, 11) is 1.69. The van der Waals surface area contributed by atoms with Crippen LogP contribution in [0.25, 0.3) is 0 Å². The second-order valence-electron chi connectivity index (χ2n) is 6.07. The molecular weight excluding hydrogens is 276 g/mol. The largest absolute Gasteiger partial charge is 0.444 e. The Kier molecular flexibility index (Phi) is 7.12. The van der Waals surface area contributed by atoms with Gasteiger partial charge in [-0.15, -0.1) is 0 Å². The van der Waals surface area contributed by atoms with E-state index in [1.165, 1.54) is 0 Å². The molecule has 6 heteroatoms. The fraction of sp³-hybridized carbons (Fsp3) is 0.929. The highest BCUT2D eigenvalue weighted by Gasteiger charge is 2.36. The Bertz CT molecular complexity index is 307. The standard InChI is InChI=1S/C14H28N2O3S/c1-14(2,3)19-13(17)16-9-11(12(10-16)18-4)15-7-6-8-20-5/h11-12,15H,6-10H2,1-5H3/t11?,12-/m0/s1. The number of methoxy groups -OCH3 is 1. The summed E-state index contributed by atoms with van der Waals surface area (Å²) < 4.78 is 10.9. The molecule has 0 spiro atoms. The Labute approximate surface area is 126 Å². The number of carbonyl (C=O) groups is 1. The first-order valence-electron chi connectivity index (χ1n) is 7.10. The first kappa shape index (κ1) is 17.6. The Morgan fingerprint density at radius 3 is 2.65 bits per heavy atom. The number of hydrogen-bond acceptors (Lipinski definition) is 5. The summed E-state index contributed by atoms with van der Waals surface area (Å²) in [6.45, 7) is 7.83. The van der Waals surface area contributed by atoms with Gasteiger partial charge in [0.05, 0.1) is 18.7 Å². The second kappa shape index (κ2) is 8.10. The molecule has 1 amide bonds. The fourth-order valence-electron chi connectivity index (χ4n) is 2.19. The number of carbonyl (C=O) groups excluding carboxylic acids is 1. The van der Waals surface area contributed by atoms with Crippen LogP contribution in [0.5, 0.6) is 0 Å². The molecular formula is C14H28N2O3S. The zero-order chi connectivity index (χ0) is 15.2. The van der Waals surface area contributed by atoms with Gasteiger partial charge in [-0.25, -0.2) is 4.79 Å². The molecule has 20 heavy (non-hydrogen) atoms.